The van der Waals surface area contributed by atoms with Crippen molar-refractivity contribution >= 4 is 11.8 Å². The van der Waals surface area contributed by atoms with E-state index in [4.69, 9.17) is 4.42 Å². The molecule has 1 aliphatic heterocycles. The number of fused-ring (bicyclic) bond motifs is 1. The van der Waals surface area contributed by atoms with Crippen molar-refractivity contribution in [3.63, 3.8) is 0 Å². The summed E-state index contributed by atoms with van der Waals surface area (Å²) in [4.78, 5) is 30.5. The number of nitrogens with zero attached hydrogens (tertiary/aromatic N) is 2. The Hall–Kier alpha value is -2.60. The summed E-state index contributed by atoms with van der Waals surface area (Å²) < 4.78 is 5.74. The van der Waals surface area contributed by atoms with Gasteiger partial charge in [0.2, 0.25) is 5.91 Å². The number of aryl methyl sites for hydroxylation is 1. The molecule has 0 bridgehead atoms. The van der Waals surface area contributed by atoms with E-state index in [9.17, 15) is 9.59 Å². The number of rotatable bonds is 3. The Morgan fingerprint density at radius 3 is 2.67 bits per heavy atom. The fourth-order valence-corrected chi connectivity index (χ4v) is 4.78. The standard InChI is InChI=1S/C24H31N3O3/c1-18-11-12-20(30-18)17-26-14-6-15-27(24(29)19-7-3-2-4-8-19)22-10-5-9-21(22)23(28)25-13-16-26/h2-4,7-8,11-12,21-22H,5-6,9-10,13-17H2,1H3,(H,25,28)/t21-,22+/m1/s1. The van der Waals surface area contributed by atoms with Gasteiger partial charge in [-0.15, -0.1) is 0 Å². The van der Waals surface area contributed by atoms with Crippen LogP contribution in [0.4, 0.5) is 0 Å². The van der Waals surface area contributed by atoms with Gasteiger partial charge in [0.05, 0.1) is 12.5 Å². The topological polar surface area (TPSA) is 65.8 Å². The fraction of sp³-hybridized carbons (Fsp3) is 0.500. The van der Waals surface area contributed by atoms with E-state index in [0.717, 1.165) is 50.3 Å². The van der Waals surface area contributed by atoms with E-state index in [1.165, 1.54) is 0 Å². The average Bonchev–Trinajstić information content (AvgIpc) is 3.39. The summed E-state index contributed by atoms with van der Waals surface area (Å²) in [5.41, 5.74) is 0.696. The number of benzene rings is 1. The molecule has 0 radical (unpaired) electrons. The summed E-state index contributed by atoms with van der Waals surface area (Å²) >= 11 is 0. The molecule has 1 saturated carbocycles. The van der Waals surface area contributed by atoms with Crippen molar-refractivity contribution in [2.24, 2.45) is 5.92 Å². The van der Waals surface area contributed by atoms with Gasteiger partial charge in [-0.05, 0) is 50.5 Å². The van der Waals surface area contributed by atoms with Gasteiger partial charge in [0, 0.05) is 37.8 Å². The van der Waals surface area contributed by atoms with Crippen LogP contribution in [-0.2, 0) is 11.3 Å². The predicted octanol–water partition coefficient (Wildman–Crippen LogP) is 3.22. The van der Waals surface area contributed by atoms with Gasteiger partial charge in [0.15, 0.2) is 0 Å². The monoisotopic (exact) mass is 409 g/mol. The number of amides is 2. The van der Waals surface area contributed by atoms with Gasteiger partial charge in [0.1, 0.15) is 11.5 Å². The fourth-order valence-electron chi connectivity index (χ4n) is 4.78. The van der Waals surface area contributed by atoms with Crippen LogP contribution in [0.5, 0.6) is 0 Å². The minimum absolute atomic E-state index is 0.0167. The SMILES string of the molecule is Cc1ccc(CN2CCCN(C(=O)c3ccccc3)[C@H]3CCC[C@H]3C(=O)NCC2)o1. The lowest BCUT2D eigenvalue weighted by atomic mass is 9.99. The molecule has 6 heteroatoms. The number of nitrogens with one attached hydrogen (secondary N) is 1. The van der Waals surface area contributed by atoms with Gasteiger partial charge in [-0.3, -0.25) is 14.5 Å². The molecule has 0 spiro atoms. The van der Waals surface area contributed by atoms with E-state index in [-0.39, 0.29) is 23.8 Å². The number of hydrogen-bond acceptors (Lipinski definition) is 4. The van der Waals surface area contributed by atoms with Crippen molar-refractivity contribution in [1.82, 2.24) is 15.1 Å². The Balaban J connectivity index is 1.52. The zero-order valence-electron chi connectivity index (χ0n) is 17.7. The van der Waals surface area contributed by atoms with E-state index in [2.05, 4.69) is 10.2 Å². The van der Waals surface area contributed by atoms with Crippen LogP contribution in [0.2, 0.25) is 0 Å². The minimum atomic E-state index is -0.114. The smallest absolute Gasteiger partial charge is 0.254 e. The summed E-state index contributed by atoms with van der Waals surface area (Å²) in [5, 5.41) is 3.12. The summed E-state index contributed by atoms with van der Waals surface area (Å²) in [6, 6.07) is 13.4. The number of carbonyl (C=O) groups excluding carboxylic acids is 2. The minimum Gasteiger partial charge on any atom is -0.465 e. The molecule has 2 aromatic rings. The molecule has 30 heavy (non-hydrogen) atoms. The van der Waals surface area contributed by atoms with E-state index >= 15 is 0 Å². The molecule has 1 N–H and O–H groups in total. The van der Waals surface area contributed by atoms with Crippen LogP contribution in [0, 0.1) is 12.8 Å². The second kappa shape index (κ2) is 9.47. The molecule has 2 amide bonds. The molecule has 1 aliphatic carbocycles. The molecular weight excluding hydrogens is 378 g/mol. The molecular formula is C24H31N3O3. The zero-order chi connectivity index (χ0) is 20.9. The second-order valence-corrected chi connectivity index (χ2v) is 8.40. The molecule has 160 valence electrons. The number of furan rings is 1. The molecule has 2 atom stereocenters. The highest BCUT2D eigenvalue weighted by atomic mass is 16.3. The Kier molecular flexibility index (Phi) is 6.53. The molecule has 1 aromatic heterocycles. The lowest BCUT2D eigenvalue weighted by molar-refractivity contribution is -0.126. The van der Waals surface area contributed by atoms with E-state index in [1.807, 2.05) is 54.3 Å². The molecule has 1 aromatic carbocycles. The van der Waals surface area contributed by atoms with Crippen molar-refractivity contribution in [1.29, 1.82) is 0 Å². The third-order valence-electron chi connectivity index (χ3n) is 6.27. The Morgan fingerprint density at radius 1 is 1.07 bits per heavy atom. The van der Waals surface area contributed by atoms with E-state index in [0.29, 0.717) is 25.2 Å². The first-order valence-corrected chi connectivity index (χ1v) is 11.0. The van der Waals surface area contributed by atoms with Gasteiger partial charge in [-0.25, -0.2) is 0 Å². The largest absolute Gasteiger partial charge is 0.465 e. The number of hydrogen-bond donors (Lipinski definition) is 1. The van der Waals surface area contributed by atoms with Crippen LogP contribution in [0.3, 0.4) is 0 Å². The van der Waals surface area contributed by atoms with Gasteiger partial charge in [-0.1, -0.05) is 24.6 Å². The summed E-state index contributed by atoms with van der Waals surface area (Å²) in [6.07, 6.45) is 3.61. The first-order chi connectivity index (χ1) is 14.6. The van der Waals surface area contributed by atoms with Crippen molar-refractivity contribution < 1.29 is 14.0 Å². The Labute approximate surface area is 178 Å². The lowest BCUT2D eigenvalue weighted by Gasteiger charge is -2.33. The normalized spacial score (nSPS) is 23.5. The van der Waals surface area contributed by atoms with Crippen LogP contribution in [0.15, 0.2) is 46.9 Å². The van der Waals surface area contributed by atoms with E-state index < -0.39 is 0 Å². The van der Waals surface area contributed by atoms with Gasteiger partial charge >= 0.3 is 0 Å². The van der Waals surface area contributed by atoms with Crippen molar-refractivity contribution in [2.45, 2.75) is 45.2 Å². The second-order valence-electron chi connectivity index (χ2n) is 8.40. The van der Waals surface area contributed by atoms with Crippen LogP contribution in [0.25, 0.3) is 0 Å². The highest BCUT2D eigenvalue weighted by molar-refractivity contribution is 5.95. The summed E-state index contributed by atoms with van der Waals surface area (Å²) in [6.45, 7) is 5.57. The van der Waals surface area contributed by atoms with E-state index in [1.54, 1.807) is 0 Å². The van der Waals surface area contributed by atoms with Gasteiger partial charge < -0.3 is 14.6 Å². The molecule has 2 fully saturated rings. The Morgan fingerprint density at radius 2 is 1.90 bits per heavy atom. The third kappa shape index (κ3) is 4.75. The maximum Gasteiger partial charge on any atom is 0.254 e. The Bertz CT molecular complexity index is 864. The molecule has 0 unspecified atom stereocenters. The molecule has 6 nitrogen and oxygen atoms in total. The maximum atomic E-state index is 13.3. The van der Waals surface area contributed by atoms with Crippen molar-refractivity contribution in [3.8, 4) is 0 Å². The van der Waals surface area contributed by atoms with Crippen molar-refractivity contribution in [3.05, 3.63) is 59.5 Å². The highest BCUT2D eigenvalue weighted by Crippen LogP contribution is 2.31. The number of carbonyl (C=O) groups is 2. The third-order valence-corrected chi connectivity index (χ3v) is 6.27. The molecule has 4 rings (SSSR count). The highest BCUT2D eigenvalue weighted by Gasteiger charge is 2.39. The van der Waals surface area contributed by atoms with Crippen LogP contribution < -0.4 is 5.32 Å². The van der Waals surface area contributed by atoms with Crippen LogP contribution in [-0.4, -0.2) is 53.8 Å². The summed E-state index contributed by atoms with van der Waals surface area (Å²) in [7, 11) is 0. The maximum absolute atomic E-state index is 13.3. The molecule has 1 saturated heterocycles. The summed E-state index contributed by atoms with van der Waals surface area (Å²) in [5.74, 6) is 1.84. The van der Waals surface area contributed by atoms with Crippen LogP contribution >= 0.6 is 0 Å². The molecule has 2 heterocycles. The average molecular weight is 410 g/mol. The van der Waals surface area contributed by atoms with Gasteiger partial charge in [-0.2, -0.15) is 0 Å². The lowest BCUT2D eigenvalue weighted by Crippen LogP contribution is -2.47. The zero-order valence-corrected chi connectivity index (χ0v) is 17.7. The van der Waals surface area contributed by atoms with Crippen LogP contribution in [0.1, 0.15) is 47.6 Å². The van der Waals surface area contributed by atoms with Gasteiger partial charge in [0.25, 0.3) is 5.91 Å². The first-order valence-electron chi connectivity index (χ1n) is 11.0. The van der Waals surface area contributed by atoms with Crippen molar-refractivity contribution in [2.75, 3.05) is 26.2 Å². The predicted molar refractivity (Wildman–Crippen MR) is 115 cm³/mol. The first kappa shape index (κ1) is 20.7. The molecule has 2 aliphatic rings. The quantitative estimate of drug-likeness (QED) is 0.845.